The van der Waals surface area contributed by atoms with E-state index in [9.17, 15) is 4.79 Å². The Bertz CT molecular complexity index is 526. The highest BCUT2D eigenvalue weighted by Gasteiger charge is 2.25. The first-order valence-corrected chi connectivity index (χ1v) is 9.88. The van der Waals surface area contributed by atoms with Gasteiger partial charge >= 0.3 is 0 Å². The van der Waals surface area contributed by atoms with Crippen LogP contribution in [0.1, 0.15) is 51.0 Å². The minimum Gasteiger partial charge on any atom is -0.373 e. The zero-order valence-corrected chi connectivity index (χ0v) is 15.5. The number of rotatable bonds is 6. The Kier molecular flexibility index (Phi) is 6.88. The summed E-state index contributed by atoms with van der Waals surface area (Å²) < 4.78 is 6.03. The van der Waals surface area contributed by atoms with E-state index in [0.717, 1.165) is 32.4 Å². The molecule has 0 bridgehead atoms. The fourth-order valence-corrected chi connectivity index (χ4v) is 4.01. The number of hydrogen-bond acceptors (Lipinski definition) is 3. The van der Waals surface area contributed by atoms with E-state index in [1.54, 1.807) is 0 Å². The molecule has 1 N–H and O–H groups in total. The van der Waals surface area contributed by atoms with Crippen molar-refractivity contribution < 1.29 is 9.53 Å². The standard InChI is InChI=1S/C21H32N2O2/c1-17-7-5-6-10-20(17)22-21(24)15-23-13-11-19(12-14-23)25-16-18-8-3-2-4-9-18/h2-4,8-9,17,19-20H,5-7,10-16H2,1H3,(H,22,24)/t17-,20-/m0/s1. The Morgan fingerprint density at radius 1 is 1.12 bits per heavy atom. The lowest BCUT2D eigenvalue weighted by Gasteiger charge is -2.33. The molecule has 1 saturated heterocycles. The van der Waals surface area contributed by atoms with Crippen LogP contribution in [0.2, 0.25) is 0 Å². The molecule has 1 aromatic carbocycles. The average molecular weight is 344 g/mol. The van der Waals surface area contributed by atoms with Gasteiger partial charge in [-0.15, -0.1) is 0 Å². The van der Waals surface area contributed by atoms with Crippen molar-refractivity contribution in [2.45, 2.75) is 64.2 Å². The van der Waals surface area contributed by atoms with E-state index in [0.29, 0.717) is 31.2 Å². The molecule has 1 saturated carbocycles. The number of ether oxygens (including phenoxy) is 1. The summed E-state index contributed by atoms with van der Waals surface area (Å²) in [7, 11) is 0. The molecule has 0 aromatic heterocycles. The monoisotopic (exact) mass is 344 g/mol. The maximum atomic E-state index is 12.3. The van der Waals surface area contributed by atoms with Crippen molar-refractivity contribution in [1.82, 2.24) is 10.2 Å². The highest BCUT2D eigenvalue weighted by molar-refractivity contribution is 5.78. The largest absolute Gasteiger partial charge is 0.373 e. The van der Waals surface area contributed by atoms with Crippen molar-refractivity contribution in [1.29, 1.82) is 0 Å². The molecular formula is C21H32N2O2. The highest BCUT2D eigenvalue weighted by atomic mass is 16.5. The van der Waals surface area contributed by atoms with Crippen LogP contribution in [0.25, 0.3) is 0 Å². The second kappa shape index (κ2) is 9.35. The lowest BCUT2D eigenvalue weighted by molar-refractivity contribution is -0.124. The number of nitrogens with one attached hydrogen (secondary N) is 1. The van der Waals surface area contributed by atoms with Crippen molar-refractivity contribution >= 4 is 5.91 Å². The Hall–Kier alpha value is -1.39. The first-order chi connectivity index (χ1) is 12.2. The molecule has 0 radical (unpaired) electrons. The maximum absolute atomic E-state index is 12.3. The fourth-order valence-electron chi connectivity index (χ4n) is 4.01. The van der Waals surface area contributed by atoms with E-state index in [2.05, 4.69) is 29.3 Å². The third kappa shape index (κ3) is 5.82. The van der Waals surface area contributed by atoms with Gasteiger partial charge in [0.05, 0.1) is 19.3 Å². The van der Waals surface area contributed by atoms with Gasteiger partial charge in [-0.25, -0.2) is 0 Å². The van der Waals surface area contributed by atoms with Crippen LogP contribution in [0.3, 0.4) is 0 Å². The molecule has 0 spiro atoms. The molecule has 1 heterocycles. The second-order valence-corrected chi connectivity index (χ2v) is 7.71. The lowest BCUT2D eigenvalue weighted by Crippen LogP contribution is -2.47. The Morgan fingerprint density at radius 3 is 2.56 bits per heavy atom. The summed E-state index contributed by atoms with van der Waals surface area (Å²) in [6.45, 7) is 5.39. The summed E-state index contributed by atoms with van der Waals surface area (Å²) in [5, 5.41) is 3.26. The molecule has 1 amide bonds. The van der Waals surface area contributed by atoms with Gasteiger partial charge in [-0.05, 0) is 37.2 Å². The molecule has 2 atom stereocenters. The molecule has 4 heteroatoms. The smallest absolute Gasteiger partial charge is 0.234 e. The number of hydrogen-bond donors (Lipinski definition) is 1. The van der Waals surface area contributed by atoms with Gasteiger partial charge in [0.2, 0.25) is 5.91 Å². The molecule has 1 aliphatic heterocycles. The van der Waals surface area contributed by atoms with E-state index in [1.807, 2.05) is 18.2 Å². The van der Waals surface area contributed by atoms with E-state index in [1.165, 1.54) is 24.8 Å². The predicted molar refractivity (Wildman–Crippen MR) is 100 cm³/mol. The number of likely N-dealkylation sites (tertiary alicyclic amines) is 1. The zero-order valence-electron chi connectivity index (χ0n) is 15.5. The van der Waals surface area contributed by atoms with Crippen LogP contribution in [-0.4, -0.2) is 42.6 Å². The predicted octanol–water partition coefficient (Wildman–Crippen LogP) is 3.36. The SMILES string of the molecule is C[C@H]1CCCC[C@@H]1NC(=O)CN1CCC(OCc2ccccc2)CC1. The van der Waals surface area contributed by atoms with Crippen LogP contribution < -0.4 is 5.32 Å². The van der Waals surface area contributed by atoms with Gasteiger partial charge in [-0.3, -0.25) is 9.69 Å². The summed E-state index contributed by atoms with van der Waals surface area (Å²) in [5.74, 6) is 0.817. The first-order valence-electron chi connectivity index (χ1n) is 9.88. The Morgan fingerprint density at radius 2 is 1.84 bits per heavy atom. The number of carbonyl (C=O) groups excluding carboxylic acids is 1. The average Bonchev–Trinajstić information content (AvgIpc) is 2.64. The van der Waals surface area contributed by atoms with Crippen molar-refractivity contribution in [3.05, 3.63) is 35.9 Å². The van der Waals surface area contributed by atoms with E-state index >= 15 is 0 Å². The molecule has 25 heavy (non-hydrogen) atoms. The highest BCUT2D eigenvalue weighted by Crippen LogP contribution is 2.23. The van der Waals surface area contributed by atoms with Gasteiger partial charge in [0.15, 0.2) is 0 Å². The van der Waals surface area contributed by atoms with Crippen molar-refractivity contribution in [2.24, 2.45) is 5.92 Å². The minimum absolute atomic E-state index is 0.197. The van der Waals surface area contributed by atoms with Crippen LogP contribution in [0.5, 0.6) is 0 Å². The maximum Gasteiger partial charge on any atom is 0.234 e. The summed E-state index contributed by atoms with van der Waals surface area (Å²) in [6, 6.07) is 10.7. The normalized spacial score (nSPS) is 25.6. The third-order valence-electron chi connectivity index (χ3n) is 5.69. The van der Waals surface area contributed by atoms with Crippen LogP contribution in [0.15, 0.2) is 30.3 Å². The van der Waals surface area contributed by atoms with Crippen LogP contribution in [0.4, 0.5) is 0 Å². The second-order valence-electron chi connectivity index (χ2n) is 7.71. The van der Waals surface area contributed by atoms with Crippen molar-refractivity contribution in [2.75, 3.05) is 19.6 Å². The fraction of sp³-hybridized carbons (Fsp3) is 0.667. The molecule has 4 nitrogen and oxygen atoms in total. The van der Waals surface area contributed by atoms with Gasteiger partial charge in [-0.2, -0.15) is 0 Å². The lowest BCUT2D eigenvalue weighted by atomic mass is 9.86. The van der Waals surface area contributed by atoms with Gasteiger partial charge < -0.3 is 10.1 Å². The summed E-state index contributed by atoms with van der Waals surface area (Å²) >= 11 is 0. The van der Waals surface area contributed by atoms with Crippen molar-refractivity contribution in [3.8, 4) is 0 Å². The molecule has 0 unspecified atom stereocenters. The number of benzene rings is 1. The molecular weight excluding hydrogens is 312 g/mol. The van der Waals surface area contributed by atoms with Gasteiger partial charge in [0, 0.05) is 19.1 Å². The number of nitrogens with zero attached hydrogens (tertiary/aromatic N) is 1. The Balaban J connectivity index is 1.34. The molecule has 1 aliphatic carbocycles. The molecule has 1 aromatic rings. The van der Waals surface area contributed by atoms with Crippen LogP contribution in [0, 0.1) is 5.92 Å². The zero-order chi connectivity index (χ0) is 17.5. The summed E-state index contributed by atoms with van der Waals surface area (Å²) in [4.78, 5) is 14.6. The van der Waals surface area contributed by atoms with E-state index in [4.69, 9.17) is 4.74 Å². The van der Waals surface area contributed by atoms with E-state index in [-0.39, 0.29) is 5.91 Å². The van der Waals surface area contributed by atoms with Gasteiger partial charge in [-0.1, -0.05) is 50.1 Å². The molecule has 2 aliphatic rings. The third-order valence-corrected chi connectivity index (χ3v) is 5.69. The number of amides is 1. The molecule has 2 fully saturated rings. The minimum atomic E-state index is 0.197. The Labute approximate surface area is 151 Å². The van der Waals surface area contributed by atoms with Crippen molar-refractivity contribution in [3.63, 3.8) is 0 Å². The number of carbonyl (C=O) groups is 1. The van der Waals surface area contributed by atoms with E-state index < -0.39 is 0 Å². The topological polar surface area (TPSA) is 41.6 Å². The van der Waals surface area contributed by atoms with Gasteiger partial charge in [0.25, 0.3) is 0 Å². The summed E-state index contributed by atoms with van der Waals surface area (Å²) in [6.07, 6.45) is 7.29. The number of piperidine rings is 1. The van der Waals surface area contributed by atoms with Gasteiger partial charge in [0.1, 0.15) is 0 Å². The molecule has 138 valence electrons. The summed E-state index contributed by atoms with van der Waals surface area (Å²) in [5.41, 5.74) is 1.23. The molecule has 3 rings (SSSR count). The van der Waals surface area contributed by atoms with Crippen LogP contribution in [-0.2, 0) is 16.1 Å². The quantitative estimate of drug-likeness (QED) is 0.860. The first kappa shape index (κ1) is 18.4. The van der Waals surface area contributed by atoms with Crippen LogP contribution >= 0.6 is 0 Å².